The fraction of sp³-hybridized carbons (Fsp3) is 0.292. The first-order valence-electron chi connectivity index (χ1n) is 10.8. The number of nitrogens with zero attached hydrogens (tertiary/aromatic N) is 3. The molecular formula is C24H27N5O4S. The monoisotopic (exact) mass is 481 g/mol. The quantitative estimate of drug-likeness (QED) is 0.534. The van der Waals surface area contributed by atoms with E-state index in [1.807, 2.05) is 48.5 Å². The first-order valence-corrected chi connectivity index (χ1v) is 11.6. The second-order valence-corrected chi connectivity index (χ2v) is 8.56. The Morgan fingerprint density at radius 1 is 1.03 bits per heavy atom. The number of carbonyl (C=O) groups is 2. The third-order valence-electron chi connectivity index (χ3n) is 5.71. The fourth-order valence-electron chi connectivity index (χ4n) is 3.78. The van der Waals surface area contributed by atoms with Crippen LogP contribution < -0.4 is 25.4 Å². The molecule has 0 bridgehead atoms. The lowest BCUT2D eigenvalue weighted by molar-refractivity contribution is 0.0752. The third-order valence-corrected chi connectivity index (χ3v) is 6.56. The van der Waals surface area contributed by atoms with Crippen LogP contribution in [0.15, 0.2) is 48.5 Å². The van der Waals surface area contributed by atoms with Crippen molar-refractivity contribution in [3.63, 3.8) is 0 Å². The molecule has 1 saturated heterocycles. The minimum Gasteiger partial charge on any atom is -0.497 e. The highest BCUT2D eigenvalue weighted by atomic mass is 32.1. The lowest BCUT2D eigenvalue weighted by atomic mass is 10.2. The number of aromatic nitrogens is 1. The van der Waals surface area contributed by atoms with Crippen LogP contribution in [0.25, 0.3) is 0 Å². The number of rotatable bonds is 7. The number of amides is 2. The minimum absolute atomic E-state index is 0.0752. The highest BCUT2D eigenvalue weighted by Crippen LogP contribution is 2.26. The number of piperazine rings is 1. The van der Waals surface area contributed by atoms with Crippen molar-refractivity contribution < 1.29 is 19.1 Å². The number of nitrogens with one attached hydrogen (secondary N) is 1. The van der Waals surface area contributed by atoms with Crippen molar-refractivity contribution in [2.75, 3.05) is 51.0 Å². The van der Waals surface area contributed by atoms with Crippen molar-refractivity contribution in [1.29, 1.82) is 0 Å². The second kappa shape index (κ2) is 10.4. The Labute approximate surface area is 202 Å². The minimum atomic E-state index is -0.418. The van der Waals surface area contributed by atoms with Gasteiger partial charge in [-0.25, -0.2) is 0 Å². The summed E-state index contributed by atoms with van der Waals surface area (Å²) >= 11 is 0.959. The summed E-state index contributed by atoms with van der Waals surface area (Å²) in [6.45, 7) is 2.76. The van der Waals surface area contributed by atoms with E-state index in [1.54, 1.807) is 19.1 Å². The maximum atomic E-state index is 13.1. The van der Waals surface area contributed by atoms with E-state index >= 15 is 0 Å². The molecule has 3 aromatic rings. The Hall–Kier alpha value is -3.79. The number of benzene rings is 2. The van der Waals surface area contributed by atoms with Crippen LogP contribution in [-0.4, -0.2) is 61.5 Å². The molecule has 1 aliphatic heterocycles. The van der Waals surface area contributed by atoms with Gasteiger partial charge in [0, 0.05) is 44.5 Å². The van der Waals surface area contributed by atoms with Crippen molar-refractivity contribution in [2.24, 2.45) is 0 Å². The topological polar surface area (TPSA) is 110 Å². The summed E-state index contributed by atoms with van der Waals surface area (Å²) in [6.07, 6.45) is 0. The zero-order valence-corrected chi connectivity index (χ0v) is 19.9. The molecule has 0 radical (unpaired) electrons. The fourth-order valence-corrected chi connectivity index (χ4v) is 4.55. The lowest BCUT2D eigenvalue weighted by Crippen LogP contribution is -2.48. The van der Waals surface area contributed by atoms with Crippen molar-refractivity contribution in [1.82, 2.24) is 14.6 Å². The number of nitrogen functional groups attached to an aromatic ring is 1. The summed E-state index contributed by atoms with van der Waals surface area (Å²) in [5.74, 6) is 0.885. The zero-order chi connectivity index (χ0) is 24.1. The molecule has 0 aliphatic carbocycles. The Morgan fingerprint density at radius 3 is 2.41 bits per heavy atom. The van der Waals surface area contributed by atoms with Gasteiger partial charge in [-0.15, -0.1) is 0 Å². The molecule has 2 heterocycles. The number of hydrogen-bond donors (Lipinski definition) is 2. The van der Waals surface area contributed by atoms with Gasteiger partial charge in [-0.1, -0.05) is 18.2 Å². The van der Waals surface area contributed by atoms with Gasteiger partial charge in [0.25, 0.3) is 11.8 Å². The average molecular weight is 482 g/mol. The lowest BCUT2D eigenvalue weighted by Gasteiger charge is -2.36. The largest absolute Gasteiger partial charge is 0.497 e. The number of nitrogens with two attached hydrogens (primary N) is 1. The van der Waals surface area contributed by atoms with Gasteiger partial charge < -0.3 is 30.3 Å². The normalized spacial score (nSPS) is 13.5. The van der Waals surface area contributed by atoms with Crippen molar-refractivity contribution in [3.05, 3.63) is 64.7 Å². The van der Waals surface area contributed by atoms with E-state index in [-0.39, 0.29) is 17.3 Å². The number of methoxy groups -OCH3 is 2. The first kappa shape index (κ1) is 23.4. The molecule has 0 saturated carbocycles. The summed E-state index contributed by atoms with van der Waals surface area (Å²) in [5, 5.41) is 2.80. The Bertz CT molecular complexity index is 1170. The molecule has 1 aliphatic rings. The van der Waals surface area contributed by atoms with Crippen LogP contribution in [-0.2, 0) is 6.54 Å². The van der Waals surface area contributed by atoms with Gasteiger partial charge >= 0.3 is 0 Å². The molecule has 0 unspecified atom stereocenters. The van der Waals surface area contributed by atoms with Gasteiger partial charge in [-0.2, -0.15) is 4.37 Å². The zero-order valence-electron chi connectivity index (χ0n) is 19.1. The van der Waals surface area contributed by atoms with Crippen LogP contribution >= 0.6 is 11.5 Å². The number of carbonyl (C=O) groups excluding carboxylic acids is 2. The summed E-state index contributed by atoms with van der Waals surface area (Å²) in [6, 6.07) is 15.3. The molecule has 0 atom stereocenters. The van der Waals surface area contributed by atoms with Gasteiger partial charge in [0.2, 0.25) is 0 Å². The SMILES string of the molecule is COc1cccc(CNC(=O)c2nsc(C(=O)N3CCN(c4cccc(OC)c4)CC3)c2N)c1. The number of anilines is 2. The predicted molar refractivity (Wildman–Crippen MR) is 132 cm³/mol. The van der Waals surface area contributed by atoms with Gasteiger partial charge in [-0.3, -0.25) is 9.59 Å². The van der Waals surface area contributed by atoms with E-state index in [4.69, 9.17) is 15.2 Å². The molecule has 9 nitrogen and oxygen atoms in total. The van der Waals surface area contributed by atoms with E-state index < -0.39 is 5.91 Å². The van der Waals surface area contributed by atoms with Crippen molar-refractivity contribution >= 4 is 34.7 Å². The van der Waals surface area contributed by atoms with Crippen LogP contribution in [0.5, 0.6) is 11.5 Å². The molecule has 3 N–H and O–H groups in total. The molecule has 0 spiro atoms. The standard InChI is InChI=1S/C24H27N5O4S/c1-32-18-7-3-5-16(13-18)15-26-23(30)21-20(25)22(34-27-21)24(31)29-11-9-28(10-12-29)17-6-4-8-19(14-17)33-2/h3-8,13-14H,9-12,15,25H2,1-2H3,(H,26,30). The van der Waals surface area contributed by atoms with Gasteiger partial charge in [0.05, 0.1) is 19.9 Å². The van der Waals surface area contributed by atoms with Crippen LogP contribution in [0.1, 0.15) is 25.7 Å². The highest BCUT2D eigenvalue weighted by molar-refractivity contribution is 7.09. The third kappa shape index (κ3) is 5.07. The molecular weight excluding hydrogens is 454 g/mol. The smallest absolute Gasteiger partial charge is 0.273 e. The Morgan fingerprint density at radius 2 is 1.71 bits per heavy atom. The maximum absolute atomic E-state index is 13.1. The van der Waals surface area contributed by atoms with Crippen LogP contribution in [0.4, 0.5) is 11.4 Å². The second-order valence-electron chi connectivity index (χ2n) is 7.79. The summed E-state index contributed by atoms with van der Waals surface area (Å²) < 4.78 is 14.7. The molecule has 4 rings (SSSR count). The van der Waals surface area contributed by atoms with E-state index in [2.05, 4.69) is 14.6 Å². The number of ether oxygens (including phenoxy) is 2. The highest BCUT2D eigenvalue weighted by Gasteiger charge is 2.28. The van der Waals surface area contributed by atoms with Crippen LogP contribution in [0.3, 0.4) is 0 Å². The molecule has 2 amide bonds. The molecule has 1 aromatic heterocycles. The van der Waals surface area contributed by atoms with Gasteiger partial charge in [-0.05, 0) is 41.4 Å². The van der Waals surface area contributed by atoms with Crippen LogP contribution in [0, 0.1) is 0 Å². The van der Waals surface area contributed by atoms with Crippen LogP contribution in [0.2, 0.25) is 0 Å². The Kier molecular flexibility index (Phi) is 7.17. The molecule has 2 aromatic carbocycles. The average Bonchev–Trinajstić information content (AvgIpc) is 3.28. The van der Waals surface area contributed by atoms with Crippen molar-refractivity contribution in [3.8, 4) is 11.5 Å². The van der Waals surface area contributed by atoms with Gasteiger partial charge in [0.15, 0.2) is 5.69 Å². The van der Waals surface area contributed by atoms with E-state index in [0.29, 0.717) is 43.4 Å². The summed E-state index contributed by atoms with van der Waals surface area (Å²) in [7, 11) is 3.23. The molecule has 1 fully saturated rings. The molecule has 10 heteroatoms. The summed E-state index contributed by atoms with van der Waals surface area (Å²) in [4.78, 5) is 30.0. The molecule has 178 valence electrons. The van der Waals surface area contributed by atoms with Crippen molar-refractivity contribution in [2.45, 2.75) is 6.54 Å². The molecule has 34 heavy (non-hydrogen) atoms. The van der Waals surface area contributed by atoms with E-state index in [1.165, 1.54) is 0 Å². The Balaban J connectivity index is 1.36. The maximum Gasteiger partial charge on any atom is 0.273 e. The first-order chi connectivity index (χ1) is 16.5. The van der Waals surface area contributed by atoms with Gasteiger partial charge in [0.1, 0.15) is 16.4 Å². The summed E-state index contributed by atoms with van der Waals surface area (Å²) in [5.41, 5.74) is 8.30. The van der Waals surface area contributed by atoms with E-state index in [9.17, 15) is 9.59 Å². The predicted octanol–water partition coefficient (Wildman–Crippen LogP) is 2.63. The number of hydrogen-bond acceptors (Lipinski definition) is 8. The van der Waals surface area contributed by atoms with E-state index in [0.717, 1.165) is 28.5 Å².